The Morgan fingerprint density at radius 1 is 1.18 bits per heavy atom. The van der Waals surface area contributed by atoms with E-state index in [0.29, 0.717) is 5.75 Å². The Bertz CT molecular complexity index is 970. The number of anilines is 1. The van der Waals surface area contributed by atoms with Crippen LogP contribution in [-0.2, 0) is 11.3 Å². The number of para-hydroxylation sites is 1. The van der Waals surface area contributed by atoms with E-state index >= 15 is 0 Å². The highest BCUT2D eigenvalue weighted by atomic mass is 32.2. The molecule has 0 bridgehead atoms. The summed E-state index contributed by atoms with van der Waals surface area (Å²) in [4.78, 5) is 13.8. The van der Waals surface area contributed by atoms with Gasteiger partial charge in [0, 0.05) is 28.1 Å². The minimum absolute atomic E-state index is 0.0300. The van der Waals surface area contributed by atoms with E-state index in [0.717, 1.165) is 46.3 Å². The van der Waals surface area contributed by atoms with E-state index in [1.165, 1.54) is 22.2 Å². The lowest BCUT2D eigenvalue weighted by Crippen LogP contribution is -2.16. The SMILES string of the molecule is CCCn1c(SCC(=O)Nc2c(C)cccc2C)nnc1-c1csc(C)c1C. The van der Waals surface area contributed by atoms with Crippen LogP contribution in [0.1, 0.15) is 34.9 Å². The molecule has 3 aromatic rings. The molecule has 0 saturated heterocycles. The first-order valence-corrected chi connectivity index (χ1v) is 11.3. The van der Waals surface area contributed by atoms with Crippen molar-refractivity contribution in [1.29, 1.82) is 0 Å². The first-order valence-electron chi connectivity index (χ1n) is 9.39. The molecule has 3 rings (SSSR count). The molecule has 5 nitrogen and oxygen atoms in total. The molecule has 1 aromatic carbocycles. The fourth-order valence-electron chi connectivity index (χ4n) is 3.07. The van der Waals surface area contributed by atoms with Crippen molar-refractivity contribution in [2.24, 2.45) is 0 Å². The van der Waals surface area contributed by atoms with Gasteiger partial charge in [-0.05, 0) is 50.8 Å². The fraction of sp³-hybridized carbons (Fsp3) is 0.381. The molecule has 0 aliphatic carbocycles. The summed E-state index contributed by atoms with van der Waals surface area (Å²) in [5.41, 5.74) is 5.42. The van der Waals surface area contributed by atoms with Crippen LogP contribution in [-0.4, -0.2) is 26.4 Å². The molecule has 2 aromatic heterocycles. The lowest BCUT2D eigenvalue weighted by molar-refractivity contribution is -0.113. The Morgan fingerprint density at radius 3 is 2.50 bits per heavy atom. The van der Waals surface area contributed by atoms with Gasteiger partial charge in [-0.25, -0.2) is 0 Å². The van der Waals surface area contributed by atoms with E-state index in [9.17, 15) is 4.79 Å². The second-order valence-electron chi connectivity index (χ2n) is 6.89. The Balaban J connectivity index is 1.75. The highest BCUT2D eigenvalue weighted by Crippen LogP contribution is 2.32. The van der Waals surface area contributed by atoms with E-state index in [-0.39, 0.29) is 5.91 Å². The van der Waals surface area contributed by atoms with Crippen molar-refractivity contribution in [3.8, 4) is 11.4 Å². The van der Waals surface area contributed by atoms with Gasteiger partial charge in [-0.1, -0.05) is 36.9 Å². The van der Waals surface area contributed by atoms with Crippen molar-refractivity contribution < 1.29 is 4.79 Å². The fourth-order valence-corrected chi connectivity index (χ4v) is 4.70. The van der Waals surface area contributed by atoms with Gasteiger partial charge in [0.1, 0.15) is 0 Å². The third-order valence-corrected chi connectivity index (χ3v) is 6.75. The van der Waals surface area contributed by atoms with Crippen LogP contribution in [0, 0.1) is 27.7 Å². The average molecular weight is 415 g/mol. The van der Waals surface area contributed by atoms with Gasteiger partial charge in [0.2, 0.25) is 5.91 Å². The number of carbonyl (C=O) groups is 1. The predicted octanol–water partition coefficient (Wildman–Crippen LogP) is 5.38. The molecular weight excluding hydrogens is 388 g/mol. The lowest BCUT2D eigenvalue weighted by Gasteiger charge is -2.12. The number of aromatic nitrogens is 3. The largest absolute Gasteiger partial charge is 0.325 e. The molecule has 0 spiro atoms. The highest BCUT2D eigenvalue weighted by molar-refractivity contribution is 7.99. The lowest BCUT2D eigenvalue weighted by atomic mass is 10.1. The number of aryl methyl sites for hydroxylation is 3. The van der Waals surface area contributed by atoms with E-state index in [4.69, 9.17) is 0 Å². The first kappa shape index (κ1) is 20.6. The van der Waals surface area contributed by atoms with Crippen molar-refractivity contribution in [2.45, 2.75) is 52.7 Å². The zero-order valence-electron chi connectivity index (χ0n) is 17.0. The second kappa shape index (κ2) is 8.92. The average Bonchev–Trinajstić information content (AvgIpc) is 3.20. The Morgan fingerprint density at radius 2 is 1.89 bits per heavy atom. The number of nitrogens with zero attached hydrogens (tertiary/aromatic N) is 3. The number of hydrogen-bond acceptors (Lipinski definition) is 5. The Kier molecular flexibility index (Phi) is 6.57. The maximum atomic E-state index is 12.5. The van der Waals surface area contributed by atoms with Crippen LogP contribution in [0.5, 0.6) is 0 Å². The number of amides is 1. The van der Waals surface area contributed by atoms with Crippen LogP contribution in [0.25, 0.3) is 11.4 Å². The van der Waals surface area contributed by atoms with Gasteiger partial charge in [-0.3, -0.25) is 4.79 Å². The van der Waals surface area contributed by atoms with Crippen LogP contribution in [0.3, 0.4) is 0 Å². The van der Waals surface area contributed by atoms with Gasteiger partial charge in [-0.15, -0.1) is 21.5 Å². The van der Waals surface area contributed by atoms with E-state index in [1.807, 2.05) is 32.0 Å². The van der Waals surface area contributed by atoms with Crippen molar-refractivity contribution in [3.05, 3.63) is 45.1 Å². The minimum Gasteiger partial charge on any atom is -0.325 e. The second-order valence-corrected chi connectivity index (χ2v) is 8.92. The quantitative estimate of drug-likeness (QED) is 0.527. The summed E-state index contributed by atoms with van der Waals surface area (Å²) in [7, 11) is 0. The molecule has 1 amide bonds. The summed E-state index contributed by atoms with van der Waals surface area (Å²) in [5, 5.41) is 14.8. The van der Waals surface area contributed by atoms with Crippen molar-refractivity contribution >= 4 is 34.7 Å². The number of nitrogens with one attached hydrogen (secondary N) is 1. The summed E-state index contributed by atoms with van der Waals surface area (Å²) < 4.78 is 2.13. The molecule has 0 saturated carbocycles. The number of hydrogen-bond donors (Lipinski definition) is 1. The highest BCUT2D eigenvalue weighted by Gasteiger charge is 2.18. The molecule has 2 heterocycles. The Labute approximate surface area is 174 Å². The van der Waals surface area contributed by atoms with Gasteiger partial charge in [-0.2, -0.15) is 0 Å². The van der Waals surface area contributed by atoms with Crippen molar-refractivity contribution in [1.82, 2.24) is 14.8 Å². The molecule has 0 aliphatic rings. The molecular formula is C21H26N4OS2. The zero-order valence-corrected chi connectivity index (χ0v) is 18.6. The maximum Gasteiger partial charge on any atom is 0.234 e. The third kappa shape index (κ3) is 4.31. The van der Waals surface area contributed by atoms with E-state index in [2.05, 4.69) is 46.2 Å². The van der Waals surface area contributed by atoms with Crippen molar-refractivity contribution in [2.75, 3.05) is 11.1 Å². The van der Waals surface area contributed by atoms with E-state index in [1.54, 1.807) is 11.3 Å². The van der Waals surface area contributed by atoms with Crippen LogP contribution in [0.4, 0.5) is 5.69 Å². The van der Waals surface area contributed by atoms with Crippen LogP contribution < -0.4 is 5.32 Å². The van der Waals surface area contributed by atoms with Crippen molar-refractivity contribution in [3.63, 3.8) is 0 Å². The zero-order chi connectivity index (χ0) is 20.3. The maximum absolute atomic E-state index is 12.5. The normalized spacial score (nSPS) is 11.0. The summed E-state index contributed by atoms with van der Waals surface area (Å²) in [5.74, 6) is 1.16. The minimum atomic E-state index is -0.0300. The van der Waals surface area contributed by atoms with Gasteiger partial charge >= 0.3 is 0 Å². The molecule has 148 valence electrons. The molecule has 0 unspecified atom stereocenters. The molecule has 0 aliphatic heterocycles. The van der Waals surface area contributed by atoms with Gasteiger partial charge in [0.15, 0.2) is 11.0 Å². The number of thioether (sulfide) groups is 1. The molecule has 28 heavy (non-hydrogen) atoms. The monoisotopic (exact) mass is 414 g/mol. The molecule has 0 fully saturated rings. The molecule has 0 radical (unpaired) electrons. The molecule has 1 N–H and O–H groups in total. The number of benzene rings is 1. The Hall–Kier alpha value is -2.12. The predicted molar refractivity (Wildman–Crippen MR) is 118 cm³/mol. The van der Waals surface area contributed by atoms with Crippen LogP contribution in [0.15, 0.2) is 28.7 Å². The smallest absolute Gasteiger partial charge is 0.234 e. The molecule has 7 heteroatoms. The first-order chi connectivity index (χ1) is 13.4. The number of rotatable bonds is 7. The molecule has 0 atom stereocenters. The van der Waals surface area contributed by atoms with Gasteiger partial charge < -0.3 is 9.88 Å². The number of carbonyl (C=O) groups excluding carboxylic acids is 1. The van der Waals surface area contributed by atoms with Crippen LogP contribution >= 0.6 is 23.1 Å². The summed E-state index contributed by atoms with van der Waals surface area (Å²) in [6, 6.07) is 6.01. The van der Waals surface area contributed by atoms with Gasteiger partial charge in [0.25, 0.3) is 0 Å². The summed E-state index contributed by atoms with van der Waals surface area (Å²) in [6.45, 7) is 11.2. The summed E-state index contributed by atoms with van der Waals surface area (Å²) in [6.07, 6.45) is 0.982. The number of thiophene rings is 1. The summed E-state index contributed by atoms with van der Waals surface area (Å²) >= 11 is 3.17. The van der Waals surface area contributed by atoms with E-state index < -0.39 is 0 Å². The van der Waals surface area contributed by atoms with Gasteiger partial charge in [0.05, 0.1) is 5.75 Å². The standard InChI is InChI=1S/C21H26N4OS2/c1-6-10-25-20(17-11-27-16(5)15(17)4)23-24-21(25)28-12-18(26)22-19-13(2)8-7-9-14(19)3/h7-9,11H,6,10,12H2,1-5H3,(H,22,26). The topological polar surface area (TPSA) is 59.8 Å². The van der Waals surface area contributed by atoms with Crippen LogP contribution in [0.2, 0.25) is 0 Å². The third-order valence-electron chi connectivity index (χ3n) is 4.77.